The normalized spacial score (nSPS) is 10.2. The van der Waals surface area contributed by atoms with Crippen molar-refractivity contribution in [2.45, 2.75) is 0 Å². The Morgan fingerprint density at radius 2 is 2.18 bits per heavy atom. The van der Waals surface area contributed by atoms with Crippen molar-refractivity contribution in [1.29, 1.82) is 0 Å². The van der Waals surface area contributed by atoms with Crippen LogP contribution in [0.3, 0.4) is 0 Å². The molecule has 0 fully saturated rings. The molecule has 0 bridgehead atoms. The molecule has 4 N–H and O–H groups in total. The predicted octanol–water partition coefficient (Wildman–Crippen LogP) is 0.562. The van der Waals surface area contributed by atoms with E-state index in [0.717, 1.165) is 0 Å². The van der Waals surface area contributed by atoms with Crippen LogP contribution in [0.1, 0.15) is 10.4 Å². The number of hydrogen-bond acceptors (Lipinski definition) is 4. The average molecular weight is 232 g/mol. The first kappa shape index (κ1) is 11.0. The number of benzene rings is 1. The molecular formula is C11H12N4O2. The van der Waals surface area contributed by atoms with Crippen molar-refractivity contribution < 1.29 is 9.53 Å². The summed E-state index contributed by atoms with van der Waals surface area (Å²) in [5.41, 5.74) is 12.5. The molecule has 1 aromatic heterocycles. The highest BCUT2D eigenvalue weighted by Gasteiger charge is 2.07. The number of nitrogens with two attached hydrogens (primary N) is 2. The summed E-state index contributed by atoms with van der Waals surface area (Å²) in [6.45, 7) is 0. The Bertz CT molecular complexity index is 562. The molecule has 0 aliphatic carbocycles. The smallest absolute Gasteiger partial charge is 0.251 e. The summed E-state index contributed by atoms with van der Waals surface area (Å²) in [5, 5.41) is 4.03. The molecule has 0 aliphatic rings. The van der Waals surface area contributed by atoms with Gasteiger partial charge in [-0.3, -0.25) is 4.79 Å². The van der Waals surface area contributed by atoms with Crippen LogP contribution in [0, 0.1) is 0 Å². The van der Waals surface area contributed by atoms with Gasteiger partial charge in [0.2, 0.25) is 0 Å². The third kappa shape index (κ3) is 2.20. The van der Waals surface area contributed by atoms with Crippen molar-refractivity contribution in [3.05, 3.63) is 36.2 Å². The average Bonchev–Trinajstić information content (AvgIpc) is 2.77. The van der Waals surface area contributed by atoms with Crippen molar-refractivity contribution in [2.24, 2.45) is 5.73 Å². The number of carbonyl (C=O) groups excluding carboxylic acids is 1. The van der Waals surface area contributed by atoms with Crippen LogP contribution in [-0.2, 0) is 0 Å². The van der Waals surface area contributed by atoms with E-state index in [4.69, 9.17) is 16.2 Å². The maximum atomic E-state index is 11.0. The van der Waals surface area contributed by atoms with E-state index in [1.54, 1.807) is 25.3 Å². The van der Waals surface area contributed by atoms with E-state index < -0.39 is 5.91 Å². The van der Waals surface area contributed by atoms with Crippen LogP contribution in [0.5, 0.6) is 5.75 Å². The number of nitrogens with zero attached hydrogens (tertiary/aromatic N) is 2. The second kappa shape index (κ2) is 4.17. The lowest BCUT2D eigenvalue weighted by Crippen LogP contribution is -2.09. The Kier molecular flexibility index (Phi) is 2.70. The van der Waals surface area contributed by atoms with E-state index in [1.807, 2.05) is 0 Å². The molecule has 2 rings (SSSR count). The Hall–Kier alpha value is -2.50. The monoisotopic (exact) mass is 232 g/mol. The molecule has 6 nitrogen and oxygen atoms in total. The molecule has 0 aliphatic heterocycles. The second-order valence-corrected chi connectivity index (χ2v) is 3.50. The van der Waals surface area contributed by atoms with Crippen LogP contribution in [-0.4, -0.2) is 22.8 Å². The van der Waals surface area contributed by atoms with Crippen molar-refractivity contribution in [3.8, 4) is 11.4 Å². The zero-order valence-corrected chi connectivity index (χ0v) is 9.25. The number of carbonyl (C=O) groups is 1. The largest absolute Gasteiger partial charge is 0.497 e. The number of primary amides is 1. The first-order valence-electron chi connectivity index (χ1n) is 4.89. The first-order valence-corrected chi connectivity index (χ1v) is 4.89. The molecule has 1 aromatic carbocycles. The van der Waals surface area contributed by atoms with Gasteiger partial charge in [0, 0.05) is 24.0 Å². The number of aromatic nitrogens is 2. The zero-order valence-electron chi connectivity index (χ0n) is 9.25. The maximum Gasteiger partial charge on any atom is 0.251 e. The van der Waals surface area contributed by atoms with Gasteiger partial charge in [-0.05, 0) is 6.07 Å². The number of nitrogen functional groups attached to an aromatic ring is 1. The Morgan fingerprint density at radius 3 is 2.76 bits per heavy atom. The van der Waals surface area contributed by atoms with Gasteiger partial charge in [-0.25, -0.2) is 4.68 Å². The van der Waals surface area contributed by atoms with Crippen LogP contribution in [0.25, 0.3) is 5.69 Å². The minimum atomic E-state index is -0.521. The fourth-order valence-corrected chi connectivity index (χ4v) is 1.45. The third-order valence-electron chi connectivity index (χ3n) is 2.28. The van der Waals surface area contributed by atoms with E-state index in [1.165, 1.54) is 17.1 Å². The van der Waals surface area contributed by atoms with Gasteiger partial charge in [-0.15, -0.1) is 0 Å². The van der Waals surface area contributed by atoms with Gasteiger partial charge in [-0.2, -0.15) is 5.10 Å². The van der Waals surface area contributed by atoms with E-state index in [-0.39, 0.29) is 0 Å². The Balaban J connectivity index is 2.44. The highest BCUT2D eigenvalue weighted by Crippen LogP contribution is 2.21. The van der Waals surface area contributed by atoms with Crippen LogP contribution < -0.4 is 16.2 Å². The van der Waals surface area contributed by atoms with Crippen molar-refractivity contribution in [2.75, 3.05) is 12.8 Å². The molecule has 17 heavy (non-hydrogen) atoms. The van der Waals surface area contributed by atoms with Crippen molar-refractivity contribution >= 4 is 11.6 Å². The minimum Gasteiger partial charge on any atom is -0.497 e. The SMILES string of the molecule is COc1cc(N)cc(-n2cc(C(N)=O)cn2)c1. The molecule has 1 heterocycles. The van der Waals surface area contributed by atoms with Gasteiger partial charge >= 0.3 is 0 Å². The van der Waals surface area contributed by atoms with Gasteiger partial charge in [0.15, 0.2) is 0 Å². The summed E-state index contributed by atoms with van der Waals surface area (Å²) in [6.07, 6.45) is 2.94. The van der Waals surface area contributed by atoms with E-state index in [0.29, 0.717) is 22.7 Å². The van der Waals surface area contributed by atoms with Gasteiger partial charge in [-0.1, -0.05) is 0 Å². The molecule has 88 valence electrons. The van der Waals surface area contributed by atoms with Crippen molar-refractivity contribution in [1.82, 2.24) is 9.78 Å². The van der Waals surface area contributed by atoms with Crippen molar-refractivity contribution in [3.63, 3.8) is 0 Å². The molecule has 0 saturated heterocycles. The summed E-state index contributed by atoms with van der Waals surface area (Å²) in [7, 11) is 1.55. The minimum absolute atomic E-state index is 0.339. The lowest BCUT2D eigenvalue weighted by Gasteiger charge is -2.06. The lowest BCUT2D eigenvalue weighted by molar-refractivity contribution is 0.100. The summed E-state index contributed by atoms with van der Waals surface area (Å²) in [6, 6.07) is 5.18. The maximum absolute atomic E-state index is 11.0. The number of methoxy groups -OCH3 is 1. The highest BCUT2D eigenvalue weighted by molar-refractivity contribution is 5.92. The number of rotatable bonds is 3. The number of ether oxygens (including phenoxy) is 1. The summed E-state index contributed by atoms with van der Waals surface area (Å²) in [4.78, 5) is 11.0. The van der Waals surface area contributed by atoms with Crippen LogP contribution >= 0.6 is 0 Å². The number of anilines is 1. The zero-order chi connectivity index (χ0) is 12.4. The van der Waals surface area contributed by atoms with Gasteiger partial charge in [0.25, 0.3) is 5.91 Å². The molecule has 0 spiro atoms. The third-order valence-corrected chi connectivity index (χ3v) is 2.28. The van der Waals surface area contributed by atoms with E-state index >= 15 is 0 Å². The summed E-state index contributed by atoms with van der Waals surface area (Å²) >= 11 is 0. The van der Waals surface area contributed by atoms with Crippen LogP contribution in [0.4, 0.5) is 5.69 Å². The Labute approximate surface area is 97.8 Å². The highest BCUT2D eigenvalue weighted by atomic mass is 16.5. The molecule has 0 atom stereocenters. The molecular weight excluding hydrogens is 220 g/mol. The first-order chi connectivity index (χ1) is 8.10. The molecule has 0 saturated carbocycles. The number of amides is 1. The fourth-order valence-electron chi connectivity index (χ4n) is 1.45. The van der Waals surface area contributed by atoms with Gasteiger partial charge in [0.05, 0.1) is 24.6 Å². The molecule has 2 aromatic rings. The quantitative estimate of drug-likeness (QED) is 0.756. The fraction of sp³-hybridized carbons (Fsp3) is 0.0909. The van der Waals surface area contributed by atoms with Gasteiger partial charge < -0.3 is 16.2 Å². The topological polar surface area (TPSA) is 96.2 Å². The van der Waals surface area contributed by atoms with Crippen LogP contribution in [0.15, 0.2) is 30.6 Å². The summed E-state index contributed by atoms with van der Waals surface area (Å²) < 4.78 is 6.61. The molecule has 6 heteroatoms. The van der Waals surface area contributed by atoms with E-state index in [9.17, 15) is 4.79 Å². The number of hydrogen-bond donors (Lipinski definition) is 2. The van der Waals surface area contributed by atoms with Gasteiger partial charge in [0.1, 0.15) is 5.75 Å². The Morgan fingerprint density at radius 1 is 1.41 bits per heavy atom. The standard InChI is InChI=1S/C11H12N4O2/c1-17-10-3-8(12)2-9(4-10)15-6-7(5-14-15)11(13)16/h2-6H,12H2,1H3,(H2,13,16). The van der Waals surface area contributed by atoms with Crippen LogP contribution in [0.2, 0.25) is 0 Å². The second-order valence-electron chi connectivity index (χ2n) is 3.50. The van der Waals surface area contributed by atoms with E-state index in [2.05, 4.69) is 5.10 Å². The summed E-state index contributed by atoms with van der Waals surface area (Å²) in [5.74, 6) is 0.100. The molecule has 0 radical (unpaired) electrons. The lowest BCUT2D eigenvalue weighted by atomic mass is 10.2. The molecule has 0 unspecified atom stereocenters. The predicted molar refractivity (Wildman–Crippen MR) is 63.0 cm³/mol. The molecule has 1 amide bonds.